The first-order valence-corrected chi connectivity index (χ1v) is 15.7. The van der Waals surface area contributed by atoms with Crippen LogP contribution in [0.2, 0.25) is 0 Å². The minimum Gasteiger partial charge on any atom is -0.359 e. The molecule has 0 unspecified atom stereocenters. The van der Waals surface area contributed by atoms with Gasteiger partial charge >= 0.3 is 0 Å². The lowest BCUT2D eigenvalue weighted by molar-refractivity contribution is -0.144. The second-order valence-electron chi connectivity index (χ2n) is 13.2. The highest BCUT2D eigenvalue weighted by molar-refractivity contribution is 6.03. The van der Waals surface area contributed by atoms with Gasteiger partial charge in [0, 0.05) is 17.8 Å². The number of nitrogens with zero attached hydrogens (tertiary/aromatic N) is 1. The number of ether oxygens (including phenoxy) is 1. The van der Waals surface area contributed by atoms with Crippen LogP contribution in [0.4, 0.5) is 5.69 Å². The minimum absolute atomic E-state index is 0.00200. The fourth-order valence-electron chi connectivity index (χ4n) is 8.11. The summed E-state index contributed by atoms with van der Waals surface area (Å²) < 4.78 is 6.58. The van der Waals surface area contributed by atoms with Gasteiger partial charge in [0.2, 0.25) is 17.7 Å². The van der Waals surface area contributed by atoms with Gasteiger partial charge in [-0.05, 0) is 55.2 Å². The predicted octanol–water partition coefficient (Wildman–Crippen LogP) is 5.32. The molecule has 3 heterocycles. The van der Waals surface area contributed by atoms with Crippen LogP contribution < -0.4 is 10.6 Å². The zero-order chi connectivity index (χ0) is 28.0. The average molecular weight is 548 g/mol. The minimum atomic E-state index is -1.10. The van der Waals surface area contributed by atoms with E-state index < -0.39 is 29.6 Å². The van der Waals surface area contributed by atoms with Crippen molar-refractivity contribution in [2.75, 3.05) is 5.32 Å². The van der Waals surface area contributed by atoms with Gasteiger partial charge in [-0.1, -0.05) is 83.6 Å². The zero-order valence-corrected chi connectivity index (χ0v) is 24.2. The third-order valence-corrected chi connectivity index (χ3v) is 10.4. The quantitative estimate of drug-likeness (QED) is 0.373. The van der Waals surface area contributed by atoms with Crippen molar-refractivity contribution in [3.63, 3.8) is 0 Å². The number of hydrogen-bond acceptors (Lipinski definition) is 4. The standard InChI is InChI=1S/C33H45N3O4/c1-20(2)22-14-16-23(17-15-22)34-30(37)27-26-18-19-33(40-26)28(27)32(39)36(24-11-6-4-5-7-12-24)29(33)31(38)35-25-13-9-8-10-21(25)3/h14-21,24-29H,4-13H2,1-3H3,(H,34,37)(H,35,38)/t21-,25-,26+,27-,28+,29+,33+/m1/s1. The van der Waals surface area contributed by atoms with Crippen LogP contribution in [-0.4, -0.2) is 52.5 Å². The largest absolute Gasteiger partial charge is 0.359 e. The van der Waals surface area contributed by atoms with E-state index in [9.17, 15) is 14.4 Å². The lowest BCUT2D eigenvalue weighted by Gasteiger charge is -2.38. The van der Waals surface area contributed by atoms with Crippen molar-refractivity contribution >= 4 is 23.4 Å². The lowest BCUT2D eigenvalue weighted by atomic mass is 9.74. The molecule has 0 radical (unpaired) electrons. The van der Waals surface area contributed by atoms with Crippen molar-refractivity contribution in [1.82, 2.24) is 10.2 Å². The summed E-state index contributed by atoms with van der Waals surface area (Å²) in [6.07, 6.45) is 13.9. The van der Waals surface area contributed by atoms with E-state index in [4.69, 9.17) is 4.74 Å². The summed E-state index contributed by atoms with van der Waals surface area (Å²) in [5, 5.41) is 6.42. The van der Waals surface area contributed by atoms with Crippen molar-refractivity contribution in [3.8, 4) is 0 Å². The Kier molecular flexibility index (Phi) is 7.53. The van der Waals surface area contributed by atoms with Gasteiger partial charge in [-0.2, -0.15) is 0 Å². The van der Waals surface area contributed by atoms with Gasteiger partial charge in [0.25, 0.3) is 0 Å². The molecule has 6 rings (SSSR count). The molecular formula is C33H45N3O4. The van der Waals surface area contributed by atoms with E-state index in [0.29, 0.717) is 17.5 Å². The maximum Gasteiger partial charge on any atom is 0.246 e. The molecule has 4 fully saturated rings. The third-order valence-electron chi connectivity index (χ3n) is 10.4. The molecule has 2 saturated carbocycles. The molecule has 216 valence electrons. The second kappa shape index (κ2) is 11.0. The Morgan fingerprint density at radius 3 is 2.30 bits per heavy atom. The summed E-state index contributed by atoms with van der Waals surface area (Å²) in [6, 6.07) is 7.26. The molecule has 7 nitrogen and oxygen atoms in total. The van der Waals surface area contributed by atoms with Crippen molar-refractivity contribution < 1.29 is 19.1 Å². The Balaban J connectivity index is 1.30. The molecule has 0 aromatic heterocycles. The van der Waals surface area contributed by atoms with Gasteiger partial charge in [-0.15, -0.1) is 0 Å². The van der Waals surface area contributed by atoms with Crippen molar-refractivity contribution in [2.24, 2.45) is 17.8 Å². The molecule has 7 atom stereocenters. The Labute approximate surface area is 238 Å². The Hall–Kier alpha value is -2.67. The van der Waals surface area contributed by atoms with E-state index in [1.54, 1.807) is 0 Å². The number of fused-ring (bicyclic) bond motifs is 1. The van der Waals surface area contributed by atoms with Gasteiger partial charge in [0.1, 0.15) is 11.6 Å². The summed E-state index contributed by atoms with van der Waals surface area (Å²) in [4.78, 5) is 44.2. The zero-order valence-electron chi connectivity index (χ0n) is 24.2. The Bertz CT molecular complexity index is 1150. The average Bonchev–Trinajstić information content (AvgIpc) is 3.49. The number of benzene rings is 1. The number of carbonyl (C=O) groups excluding carboxylic acids is 3. The predicted molar refractivity (Wildman–Crippen MR) is 155 cm³/mol. The second-order valence-corrected chi connectivity index (χ2v) is 13.2. The summed E-state index contributed by atoms with van der Waals surface area (Å²) in [5.41, 5.74) is 0.815. The van der Waals surface area contributed by atoms with E-state index in [1.165, 1.54) is 12.0 Å². The third kappa shape index (κ3) is 4.68. The van der Waals surface area contributed by atoms with E-state index in [-0.39, 0.29) is 29.8 Å². The van der Waals surface area contributed by atoms with Crippen molar-refractivity contribution in [2.45, 2.75) is 121 Å². The van der Waals surface area contributed by atoms with Crippen LogP contribution in [0.5, 0.6) is 0 Å². The van der Waals surface area contributed by atoms with Gasteiger partial charge in [-0.3, -0.25) is 14.4 Å². The van der Waals surface area contributed by atoms with Crippen LogP contribution in [0, 0.1) is 17.8 Å². The fourth-order valence-corrected chi connectivity index (χ4v) is 8.11. The molecule has 2 saturated heterocycles. The summed E-state index contributed by atoms with van der Waals surface area (Å²) >= 11 is 0. The Morgan fingerprint density at radius 2 is 1.62 bits per heavy atom. The molecule has 5 aliphatic rings. The highest BCUT2D eigenvalue weighted by Gasteiger charge is 2.73. The normalized spacial score (nSPS) is 35.6. The SMILES string of the molecule is CC(C)c1ccc(NC(=O)[C@@H]2[C@@H]3C=C[C@]4(O3)[C@@H]2C(=O)N(C2CCCCCC2)[C@H]4C(=O)N[C@@H]2CCCC[C@H]2C)cc1. The molecule has 7 heteroatoms. The molecule has 2 bridgehead atoms. The summed E-state index contributed by atoms with van der Waals surface area (Å²) in [7, 11) is 0. The van der Waals surface area contributed by atoms with E-state index in [2.05, 4.69) is 31.4 Å². The van der Waals surface area contributed by atoms with Crippen LogP contribution in [0.15, 0.2) is 36.4 Å². The van der Waals surface area contributed by atoms with Gasteiger partial charge in [0.05, 0.1) is 17.9 Å². The number of likely N-dealkylation sites (tertiary alicyclic amines) is 1. The van der Waals surface area contributed by atoms with Gasteiger partial charge < -0.3 is 20.3 Å². The smallest absolute Gasteiger partial charge is 0.246 e. The van der Waals surface area contributed by atoms with Crippen LogP contribution in [0.25, 0.3) is 0 Å². The molecule has 40 heavy (non-hydrogen) atoms. The van der Waals surface area contributed by atoms with E-state index in [0.717, 1.165) is 57.8 Å². The molecule has 3 amide bonds. The topological polar surface area (TPSA) is 87.7 Å². The highest BCUT2D eigenvalue weighted by Crippen LogP contribution is 2.56. The number of rotatable bonds is 6. The first kappa shape index (κ1) is 27.5. The molecular weight excluding hydrogens is 502 g/mol. The monoisotopic (exact) mass is 547 g/mol. The number of anilines is 1. The van der Waals surface area contributed by atoms with Crippen molar-refractivity contribution in [3.05, 3.63) is 42.0 Å². The van der Waals surface area contributed by atoms with Crippen LogP contribution in [0.3, 0.4) is 0 Å². The lowest BCUT2D eigenvalue weighted by Crippen LogP contribution is -2.59. The Morgan fingerprint density at radius 1 is 0.950 bits per heavy atom. The number of amides is 3. The van der Waals surface area contributed by atoms with Crippen LogP contribution in [0.1, 0.15) is 96.5 Å². The van der Waals surface area contributed by atoms with E-state index in [1.807, 2.05) is 41.3 Å². The number of nitrogens with one attached hydrogen (secondary N) is 2. The highest BCUT2D eigenvalue weighted by atomic mass is 16.5. The van der Waals surface area contributed by atoms with Crippen molar-refractivity contribution in [1.29, 1.82) is 0 Å². The van der Waals surface area contributed by atoms with Crippen LogP contribution >= 0.6 is 0 Å². The molecule has 1 aromatic carbocycles. The van der Waals surface area contributed by atoms with E-state index >= 15 is 0 Å². The first-order chi connectivity index (χ1) is 19.3. The fraction of sp³-hybridized carbons (Fsp3) is 0.667. The van der Waals surface area contributed by atoms with Gasteiger partial charge in [0.15, 0.2) is 0 Å². The maximum absolute atomic E-state index is 14.4. The number of carbonyl (C=O) groups is 3. The first-order valence-electron chi connectivity index (χ1n) is 15.7. The summed E-state index contributed by atoms with van der Waals surface area (Å²) in [6.45, 7) is 6.48. The maximum atomic E-state index is 14.4. The molecule has 1 spiro atoms. The summed E-state index contributed by atoms with van der Waals surface area (Å²) in [5.74, 6) is -0.969. The van der Waals surface area contributed by atoms with Gasteiger partial charge in [-0.25, -0.2) is 0 Å². The molecule has 2 aliphatic carbocycles. The van der Waals surface area contributed by atoms with Crippen LogP contribution in [-0.2, 0) is 19.1 Å². The molecule has 1 aromatic rings. The molecule has 3 aliphatic heterocycles. The molecule has 2 N–H and O–H groups in total. The number of hydrogen-bond donors (Lipinski definition) is 2.